The van der Waals surface area contributed by atoms with Gasteiger partial charge in [-0.15, -0.1) is 0 Å². The second kappa shape index (κ2) is 6.49. The molecule has 3 rings (SSSR count). The van der Waals surface area contributed by atoms with E-state index >= 15 is 0 Å². The molecule has 0 aliphatic carbocycles. The van der Waals surface area contributed by atoms with Gasteiger partial charge in [0.1, 0.15) is 22.6 Å². The summed E-state index contributed by atoms with van der Waals surface area (Å²) in [6.45, 7) is 2.92. The third kappa shape index (κ3) is 3.57. The maximum absolute atomic E-state index is 13.1. The first-order valence-electron chi connectivity index (χ1n) is 7.65. The molecule has 2 heterocycles. The lowest BCUT2D eigenvalue weighted by molar-refractivity contribution is -0.0178. The number of halogens is 1. The Hall–Kier alpha value is -1.99. The number of ether oxygens (including phenoxy) is 1. The van der Waals surface area contributed by atoms with Crippen molar-refractivity contribution < 1.29 is 17.5 Å². The van der Waals surface area contributed by atoms with Crippen molar-refractivity contribution in [2.24, 2.45) is 0 Å². The quantitative estimate of drug-likeness (QED) is 0.852. The van der Waals surface area contributed by atoms with Crippen molar-refractivity contribution in [2.45, 2.75) is 24.0 Å². The molecular formula is C17H19FN2O3S. The van der Waals surface area contributed by atoms with Gasteiger partial charge in [0.2, 0.25) is 0 Å². The summed E-state index contributed by atoms with van der Waals surface area (Å²) in [6.07, 6.45) is 2.37. The van der Waals surface area contributed by atoms with E-state index in [9.17, 15) is 12.8 Å². The first kappa shape index (κ1) is 16.9. The highest BCUT2D eigenvalue weighted by Gasteiger charge is 2.30. The Bertz CT molecular complexity index is 824. The van der Waals surface area contributed by atoms with Crippen LogP contribution < -0.4 is 4.90 Å². The van der Waals surface area contributed by atoms with Crippen LogP contribution in [0.5, 0.6) is 0 Å². The number of aromatic nitrogens is 1. The van der Waals surface area contributed by atoms with Crippen molar-refractivity contribution in [3.8, 4) is 0 Å². The maximum atomic E-state index is 13.1. The highest BCUT2D eigenvalue weighted by molar-refractivity contribution is 7.90. The van der Waals surface area contributed by atoms with Gasteiger partial charge in [-0.25, -0.2) is 17.8 Å². The minimum absolute atomic E-state index is 0.108. The second-order valence-electron chi connectivity index (χ2n) is 5.99. The summed E-state index contributed by atoms with van der Waals surface area (Å²) in [4.78, 5) is 6.40. The van der Waals surface area contributed by atoms with Crippen molar-refractivity contribution in [1.29, 1.82) is 0 Å². The van der Waals surface area contributed by atoms with Gasteiger partial charge in [0.05, 0.1) is 6.10 Å². The Morgan fingerprint density at radius 1 is 1.21 bits per heavy atom. The zero-order chi connectivity index (χ0) is 17.3. The van der Waals surface area contributed by atoms with Gasteiger partial charge >= 0.3 is 0 Å². The molecule has 0 saturated carbocycles. The molecule has 1 aliphatic rings. The van der Waals surface area contributed by atoms with Crippen LogP contribution in [0, 0.1) is 5.82 Å². The van der Waals surface area contributed by atoms with Crippen molar-refractivity contribution >= 4 is 15.7 Å². The van der Waals surface area contributed by atoms with Gasteiger partial charge < -0.3 is 9.64 Å². The zero-order valence-corrected chi connectivity index (χ0v) is 14.3. The van der Waals surface area contributed by atoms with Gasteiger partial charge in [-0.3, -0.25) is 0 Å². The second-order valence-corrected chi connectivity index (χ2v) is 7.97. The van der Waals surface area contributed by atoms with Crippen molar-refractivity contribution in [2.75, 3.05) is 24.2 Å². The molecule has 7 heteroatoms. The van der Waals surface area contributed by atoms with Gasteiger partial charge in [-0.05, 0) is 36.8 Å². The van der Waals surface area contributed by atoms with Gasteiger partial charge in [-0.2, -0.15) is 0 Å². The summed E-state index contributed by atoms with van der Waals surface area (Å²) in [7, 11) is -3.38. The van der Waals surface area contributed by atoms with E-state index < -0.39 is 9.84 Å². The number of pyridine rings is 1. The van der Waals surface area contributed by atoms with Crippen molar-refractivity contribution in [1.82, 2.24) is 4.98 Å². The van der Waals surface area contributed by atoms with E-state index in [1.54, 1.807) is 30.5 Å². The van der Waals surface area contributed by atoms with Crippen molar-refractivity contribution in [3.05, 3.63) is 54.0 Å². The standard InChI is InChI=1S/C17H19FN2O3S/c1-12-10-20(17-16(24(2,21)22)4-3-9-19-17)11-15(23-12)13-5-7-14(18)8-6-13/h3-9,12,15H,10-11H2,1-2H3. The number of hydrogen-bond acceptors (Lipinski definition) is 5. The minimum atomic E-state index is -3.38. The van der Waals surface area contributed by atoms with E-state index in [1.807, 2.05) is 11.8 Å². The lowest BCUT2D eigenvalue weighted by Gasteiger charge is -2.38. The Morgan fingerprint density at radius 3 is 2.58 bits per heavy atom. The number of nitrogens with zero attached hydrogens (tertiary/aromatic N) is 2. The average Bonchev–Trinajstić information content (AvgIpc) is 2.54. The van der Waals surface area contributed by atoms with Crippen molar-refractivity contribution in [3.63, 3.8) is 0 Å². The van der Waals surface area contributed by atoms with E-state index in [4.69, 9.17) is 4.74 Å². The molecule has 1 aliphatic heterocycles. The molecule has 2 atom stereocenters. The van der Waals surface area contributed by atoms with E-state index in [2.05, 4.69) is 4.98 Å². The molecule has 0 radical (unpaired) electrons. The number of sulfone groups is 1. The fraction of sp³-hybridized carbons (Fsp3) is 0.353. The largest absolute Gasteiger partial charge is 0.367 e. The Morgan fingerprint density at radius 2 is 1.92 bits per heavy atom. The first-order valence-corrected chi connectivity index (χ1v) is 9.54. The Labute approximate surface area is 141 Å². The lowest BCUT2D eigenvalue weighted by Crippen LogP contribution is -2.43. The van der Waals surface area contributed by atoms with Crippen LogP contribution in [0.1, 0.15) is 18.6 Å². The molecule has 1 fully saturated rings. The van der Waals surface area contributed by atoms with Gasteiger partial charge in [0.25, 0.3) is 0 Å². The van der Waals surface area contributed by atoms with Crippen LogP contribution in [-0.4, -0.2) is 38.9 Å². The molecule has 2 unspecified atom stereocenters. The van der Waals surface area contributed by atoms with E-state index in [1.165, 1.54) is 18.4 Å². The molecule has 1 saturated heterocycles. The lowest BCUT2D eigenvalue weighted by atomic mass is 10.1. The summed E-state index contributed by atoms with van der Waals surface area (Å²) in [5, 5.41) is 0. The topological polar surface area (TPSA) is 59.5 Å². The summed E-state index contributed by atoms with van der Waals surface area (Å²) in [6, 6.07) is 9.33. The normalized spacial score (nSPS) is 21.7. The number of anilines is 1. The van der Waals surface area contributed by atoms with Crippen LogP contribution in [0.4, 0.5) is 10.2 Å². The smallest absolute Gasteiger partial charge is 0.179 e. The van der Waals surface area contributed by atoms with Crippen LogP contribution in [0.25, 0.3) is 0 Å². The molecule has 0 spiro atoms. The highest BCUT2D eigenvalue weighted by atomic mass is 32.2. The van der Waals surface area contributed by atoms with Crippen LogP contribution in [0.3, 0.4) is 0 Å². The van der Waals surface area contributed by atoms with Crippen LogP contribution >= 0.6 is 0 Å². The predicted molar refractivity (Wildman–Crippen MR) is 89.2 cm³/mol. The number of benzene rings is 1. The molecule has 0 amide bonds. The van der Waals surface area contributed by atoms with E-state index in [0.717, 1.165) is 5.56 Å². The predicted octanol–water partition coefficient (Wildman–Crippen LogP) is 2.59. The number of hydrogen-bond donors (Lipinski definition) is 0. The van der Waals surface area contributed by atoms with Gasteiger partial charge in [0, 0.05) is 25.5 Å². The van der Waals surface area contributed by atoms with Crippen LogP contribution in [-0.2, 0) is 14.6 Å². The fourth-order valence-electron chi connectivity index (χ4n) is 2.90. The third-order valence-corrected chi connectivity index (χ3v) is 5.07. The third-order valence-electron chi connectivity index (χ3n) is 3.95. The molecule has 1 aromatic carbocycles. The van der Waals surface area contributed by atoms with Gasteiger partial charge in [0.15, 0.2) is 9.84 Å². The molecule has 128 valence electrons. The maximum Gasteiger partial charge on any atom is 0.179 e. The minimum Gasteiger partial charge on any atom is -0.367 e. The molecule has 24 heavy (non-hydrogen) atoms. The molecule has 5 nitrogen and oxygen atoms in total. The number of morpholine rings is 1. The molecule has 1 aromatic heterocycles. The van der Waals surface area contributed by atoms with E-state index in [0.29, 0.717) is 18.9 Å². The van der Waals surface area contributed by atoms with E-state index in [-0.39, 0.29) is 22.9 Å². The summed E-state index contributed by atoms with van der Waals surface area (Å²) in [5.41, 5.74) is 0.852. The average molecular weight is 350 g/mol. The summed E-state index contributed by atoms with van der Waals surface area (Å²) < 4.78 is 43.1. The Kier molecular flexibility index (Phi) is 4.56. The van der Waals surface area contributed by atoms with Crippen LogP contribution in [0.2, 0.25) is 0 Å². The fourth-order valence-corrected chi connectivity index (χ4v) is 3.73. The number of rotatable bonds is 3. The summed E-state index contributed by atoms with van der Waals surface area (Å²) >= 11 is 0. The highest BCUT2D eigenvalue weighted by Crippen LogP contribution is 2.31. The molecule has 2 aromatic rings. The Balaban J connectivity index is 1.93. The summed E-state index contributed by atoms with van der Waals surface area (Å²) in [5.74, 6) is 0.130. The molecule has 0 N–H and O–H groups in total. The molecular weight excluding hydrogens is 331 g/mol. The molecule has 0 bridgehead atoms. The van der Waals surface area contributed by atoms with Crippen LogP contribution in [0.15, 0.2) is 47.5 Å². The van der Waals surface area contributed by atoms with Gasteiger partial charge in [-0.1, -0.05) is 12.1 Å². The first-order chi connectivity index (χ1) is 11.3. The SMILES string of the molecule is CC1CN(c2ncccc2S(C)(=O)=O)CC(c2ccc(F)cc2)O1. The zero-order valence-electron chi connectivity index (χ0n) is 13.5. The monoisotopic (exact) mass is 350 g/mol.